The molecule has 0 aliphatic carbocycles. The molecule has 1 aromatic rings. The topological polar surface area (TPSA) is 41.6 Å². The third-order valence-electron chi connectivity index (χ3n) is 3.28. The molecule has 116 valence electrons. The molecule has 1 saturated heterocycles. The molecule has 0 saturated carbocycles. The van der Waals surface area contributed by atoms with Crippen LogP contribution in [-0.2, 0) is 4.74 Å². The smallest absolute Gasteiger partial charge is 0.410 e. The van der Waals surface area contributed by atoms with Crippen LogP contribution in [0, 0.1) is 0 Å². The first-order chi connectivity index (χ1) is 9.87. The fourth-order valence-corrected chi connectivity index (χ4v) is 2.78. The molecule has 21 heavy (non-hydrogen) atoms. The number of nitrogens with zero attached hydrogens (tertiary/aromatic N) is 1. The Labute approximate surface area is 131 Å². The van der Waals surface area contributed by atoms with Crippen molar-refractivity contribution in [1.29, 1.82) is 0 Å². The van der Waals surface area contributed by atoms with Gasteiger partial charge in [-0.1, -0.05) is 6.07 Å². The van der Waals surface area contributed by atoms with E-state index in [1.165, 1.54) is 4.90 Å². The maximum Gasteiger partial charge on any atom is 0.410 e. The number of rotatable bonds is 3. The van der Waals surface area contributed by atoms with Crippen LogP contribution in [0.3, 0.4) is 0 Å². The average molecular weight is 308 g/mol. The van der Waals surface area contributed by atoms with Gasteiger partial charge in [-0.05, 0) is 51.6 Å². The molecule has 4 nitrogen and oxygen atoms in total. The Kier molecular flexibility index (Phi) is 5.04. The van der Waals surface area contributed by atoms with Crippen LogP contribution in [0.2, 0.25) is 0 Å². The van der Waals surface area contributed by atoms with Crippen molar-refractivity contribution in [2.24, 2.45) is 0 Å². The summed E-state index contributed by atoms with van der Waals surface area (Å²) in [6.07, 6.45) is 2.80. The van der Waals surface area contributed by atoms with E-state index in [2.05, 4.69) is 35.8 Å². The SMILES string of the molecule is CSc1cccc(NC2CCN(C(=O)OC(C)(C)C)C2)c1. The zero-order valence-electron chi connectivity index (χ0n) is 13.2. The minimum atomic E-state index is -0.435. The fourth-order valence-electron chi connectivity index (χ4n) is 2.32. The molecule has 0 aromatic heterocycles. The number of hydrogen-bond donors (Lipinski definition) is 1. The molecule has 2 rings (SSSR count). The highest BCUT2D eigenvalue weighted by atomic mass is 32.2. The number of anilines is 1. The van der Waals surface area contributed by atoms with E-state index in [0.29, 0.717) is 6.54 Å². The quantitative estimate of drug-likeness (QED) is 0.862. The van der Waals surface area contributed by atoms with Gasteiger partial charge in [0.2, 0.25) is 0 Å². The standard InChI is InChI=1S/C16H24N2O2S/c1-16(2,3)20-15(19)18-9-8-13(11-18)17-12-6-5-7-14(10-12)21-4/h5-7,10,13,17H,8-9,11H2,1-4H3. The van der Waals surface area contributed by atoms with Gasteiger partial charge in [0.05, 0.1) is 0 Å². The van der Waals surface area contributed by atoms with E-state index in [1.807, 2.05) is 20.8 Å². The molecule has 5 heteroatoms. The van der Waals surface area contributed by atoms with E-state index in [1.54, 1.807) is 16.7 Å². The van der Waals surface area contributed by atoms with E-state index in [4.69, 9.17) is 4.74 Å². The second-order valence-corrected chi connectivity index (χ2v) is 7.17. The van der Waals surface area contributed by atoms with Gasteiger partial charge in [0.1, 0.15) is 5.60 Å². The van der Waals surface area contributed by atoms with Crippen molar-refractivity contribution in [3.05, 3.63) is 24.3 Å². The largest absolute Gasteiger partial charge is 0.444 e. The zero-order valence-corrected chi connectivity index (χ0v) is 14.0. The maximum absolute atomic E-state index is 12.0. The summed E-state index contributed by atoms with van der Waals surface area (Å²) >= 11 is 1.73. The van der Waals surface area contributed by atoms with Crippen LogP contribution in [0.5, 0.6) is 0 Å². The minimum Gasteiger partial charge on any atom is -0.444 e. The Morgan fingerprint density at radius 3 is 2.86 bits per heavy atom. The minimum absolute atomic E-state index is 0.218. The van der Waals surface area contributed by atoms with Crippen molar-refractivity contribution >= 4 is 23.5 Å². The molecule has 1 aromatic carbocycles. The van der Waals surface area contributed by atoms with Crippen LogP contribution >= 0.6 is 11.8 Å². The molecule has 1 heterocycles. The van der Waals surface area contributed by atoms with Gasteiger partial charge < -0.3 is 15.0 Å². The number of ether oxygens (including phenoxy) is 1. The van der Waals surface area contributed by atoms with Crippen molar-refractivity contribution in [2.45, 2.75) is 43.7 Å². The van der Waals surface area contributed by atoms with Crippen LogP contribution in [0.25, 0.3) is 0 Å². The fraction of sp³-hybridized carbons (Fsp3) is 0.562. The van der Waals surface area contributed by atoms with Crippen molar-refractivity contribution in [2.75, 3.05) is 24.7 Å². The van der Waals surface area contributed by atoms with Crippen LogP contribution in [-0.4, -0.2) is 42.0 Å². The van der Waals surface area contributed by atoms with E-state index >= 15 is 0 Å². The van der Waals surface area contributed by atoms with E-state index in [0.717, 1.165) is 18.7 Å². The van der Waals surface area contributed by atoms with Gasteiger partial charge in [0, 0.05) is 29.7 Å². The summed E-state index contributed by atoms with van der Waals surface area (Å²) in [6, 6.07) is 8.64. The zero-order chi connectivity index (χ0) is 15.5. The number of hydrogen-bond acceptors (Lipinski definition) is 4. The van der Waals surface area contributed by atoms with Crippen LogP contribution in [0.4, 0.5) is 10.5 Å². The van der Waals surface area contributed by atoms with Crippen molar-refractivity contribution in [1.82, 2.24) is 4.90 Å². The molecular weight excluding hydrogens is 284 g/mol. The number of carbonyl (C=O) groups is 1. The number of nitrogens with one attached hydrogen (secondary N) is 1. The predicted octanol–water partition coefficient (Wildman–Crippen LogP) is 3.83. The number of benzene rings is 1. The molecule has 1 atom stereocenters. The lowest BCUT2D eigenvalue weighted by Crippen LogP contribution is -2.36. The van der Waals surface area contributed by atoms with Crippen LogP contribution in [0.15, 0.2) is 29.2 Å². The molecule has 0 bridgehead atoms. The highest BCUT2D eigenvalue weighted by molar-refractivity contribution is 7.98. The Morgan fingerprint density at radius 2 is 2.19 bits per heavy atom. The molecule has 1 amide bonds. The van der Waals surface area contributed by atoms with Gasteiger partial charge in [0.15, 0.2) is 0 Å². The lowest BCUT2D eigenvalue weighted by atomic mass is 10.2. The second-order valence-electron chi connectivity index (χ2n) is 6.29. The number of thioether (sulfide) groups is 1. The van der Waals surface area contributed by atoms with Crippen molar-refractivity contribution in [3.63, 3.8) is 0 Å². The van der Waals surface area contributed by atoms with Crippen molar-refractivity contribution < 1.29 is 9.53 Å². The normalized spacial score (nSPS) is 18.7. The van der Waals surface area contributed by atoms with Crippen molar-refractivity contribution in [3.8, 4) is 0 Å². The molecular formula is C16H24N2O2S. The first-order valence-electron chi connectivity index (χ1n) is 7.26. The Bertz CT molecular complexity index is 499. The summed E-state index contributed by atoms with van der Waals surface area (Å²) in [4.78, 5) is 15.0. The van der Waals surface area contributed by atoms with Gasteiger partial charge in [-0.2, -0.15) is 0 Å². The van der Waals surface area contributed by atoms with E-state index < -0.39 is 5.60 Å². The molecule has 1 fully saturated rings. The van der Waals surface area contributed by atoms with Crippen LogP contribution < -0.4 is 5.32 Å². The van der Waals surface area contributed by atoms with Gasteiger partial charge >= 0.3 is 6.09 Å². The second kappa shape index (κ2) is 6.60. The molecule has 0 radical (unpaired) electrons. The highest BCUT2D eigenvalue weighted by Crippen LogP contribution is 2.22. The monoisotopic (exact) mass is 308 g/mol. The molecule has 1 aliphatic heterocycles. The lowest BCUT2D eigenvalue weighted by molar-refractivity contribution is 0.0293. The Hall–Kier alpha value is -1.36. The first-order valence-corrected chi connectivity index (χ1v) is 8.48. The lowest BCUT2D eigenvalue weighted by Gasteiger charge is -2.24. The first kappa shape index (κ1) is 16.0. The van der Waals surface area contributed by atoms with Gasteiger partial charge in [-0.3, -0.25) is 0 Å². The van der Waals surface area contributed by atoms with Crippen LogP contribution in [0.1, 0.15) is 27.2 Å². The number of carbonyl (C=O) groups excluding carboxylic acids is 1. The number of amides is 1. The summed E-state index contributed by atoms with van der Waals surface area (Å²) in [5.74, 6) is 0. The maximum atomic E-state index is 12.0. The average Bonchev–Trinajstić information content (AvgIpc) is 2.85. The predicted molar refractivity (Wildman–Crippen MR) is 88.1 cm³/mol. The van der Waals surface area contributed by atoms with Gasteiger partial charge in [0.25, 0.3) is 0 Å². The highest BCUT2D eigenvalue weighted by Gasteiger charge is 2.29. The van der Waals surface area contributed by atoms with E-state index in [9.17, 15) is 4.79 Å². The molecule has 1 N–H and O–H groups in total. The molecule has 1 aliphatic rings. The summed E-state index contributed by atoms with van der Waals surface area (Å²) in [6.45, 7) is 7.12. The third-order valence-corrected chi connectivity index (χ3v) is 4.01. The Balaban J connectivity index is 1.89. The van der Waals surface area contributed by atoms with Gasteiger partial charge in [-0.25, -0.2) is 4.79 Å². The van der Waals surface area contributed by atoms with Gasteiger partial charge in [-0.15, -0.1) is 11.8 Å². The Morgan fingerprint density at radius 1 is 1.43 bits per heavy atom. The summed E-state index contributed by atoms with van der Waals surface area (Å²) in [5, 5.41) is 3.50. The summed E-state index contributed by atoms with van der Waals surface area (Å²) < 4.78 is 5.41. The molecule has 1 unspecified atom stereocenters. The number of likely N-dealkylation sites (tertiary alicyclic amines) is 1. The summed E-state index contributed by atoms with van der Waals surface area (Å²) in [5.41, 5.74) is 0.674. The molecule has 0 spiro atoms. The summed E-state index contributed by atoms with van der Waals surface area (Å²) in [7, 11) is 0. The third kappa shape index (κ3) is 4.84. The van der Waals surface area contributed by atoms with E-state index in [-0.39, 0.29) is 12.1 Å².